The highest BCUT2D eigenvalue weighted by Gasteiger charge is 2.24. The van der Waals surface area contributed by atoms with Crippen LogP contribution in [0.15, 0.2) is 48.5 Å². The Morgan fingerprint density at radius 3 is 2.68 bits per heavy atom. The van der Waals surface area contributed by atoms with Crippen LogP contribution in [0.3, 0.4) is 0 Å². The second-order valence-electron chi connectivity index (χ2n) is 5.29. The van der Waals surface area contributed by atoms with Crippen molar-refractivity contribution in [3.8, 4) is 16.2 Å². The van der Waals surface area contributed by atoms with E-state index in [9.17, 15) is 13.6 Å². The summed E-state index contributed by atoms with van der Waals surface area (Å²) < 4.78 is 33.6. The molecule has 0 saturated carbocycles. The Morgan fingerprint density at radius 1 is 1.16 bits per heavy atom. The molecule has 128 valence electrons. The molecule has 3 rings (SSSR count). The Hall–Kier alpha value is -2.73. The van der Waals surface area contributed by atoms with Crippen molar-refractivity contribution in [1.82, 2.24) is 0 Å². The summed E-state index contributed by atoms with van der Waals surface area (Å²) in [5, 5.41) is 0. The quantitative estimate of drug-likeness (QED) is 0.520. The van der Waals surface area contributed by atoms with Crippen LogP contribution in [-0.4, -0.2) is 12.4 Å². The van der Waals surface area contributed by atoms with Crippen molar-refractivity contribution >= 4 is 22.8 Å². The minimum atomic E-state index is -0.981. The van der Waals surface area contributed by atoms with Gasteiger partial charge in [0.2, 0.25) is 5.78 Å². The van der Waals surface area contributed by atoms with Crippen LogP contribution < -0.4 is 10.5 Å². The maximum Gasteiger partial charge on any atom is 0.209 e. The SMILES string of the molecule is CCOc1ccc(F)c(C(=O)c2ccc(-c3cccc(N)c3)s2)c1F. The van der Waals surface area contributed by atoms with Crippen LogP contribution in [0.2, 0.25) is 0 Å². The fraction of sp³-hybridized carbons (Fsp3) is 0.105. The second-order valence-corrected chi connectivity index (χ2v) is 6.37. The van der Waals surface area contributed by atoms with Gasteiger partial charge in [-0.05, 0) is 48.9 Å². The van der Waals surface area contributed by atoms with E-state index < -0.39 is 23.0 Å². The summed E-state index contributed by atoms with van der Waals surface area (Å²) in [7, 11) is 0. The highest BCUT2D eigenvalue weighted by Crippen LogP contribution is 2.32. The van der Waals surface area contributed by atoms with Crippen LogP contribution in [-0.2, 0) is 0 Å². The third-order valence-corrected chi connectivity index (χ3v) is 4.72. The fourth-order valence-corrected chi connectivity index (χ4v) is 3.39. The summed E-state index contributed by atoms with van der Waals surface area (Å²) in [6.07, 6.45) is 0. The van der Waals surface area contributed by atoms with Gasteiger partial charge in [0.1, 0.15) is 5.82 Å². The Balaban J connectivity index is 1.99. The molecule has 0 unspecified atom stereocenters. The monoisotopic (exact) mass is 359 g/mol. The van der Waals surface area contributed by atoms with Crippen molar-refractivity contribution in [2.75, 3.05) is 12.3 Å². The standard InChI is InChI=1S/C19H15F2NO2S/c1-2-24-14-7-6-13(20)17(18(14)21)19(23)16-9-8-15(25-16)11-4-3-5-12(22)10-11/h3-10H,2,22H2,1H3. The van der Waals surface area contributed by atoms with E-state index in [0.29, 0.717) is 5.69 Å². The van der Waals surface area contributed by atoms with Gasteiger partial charge < -0.3 is 10.5 Å². The third-order valence-electron chi connectivity index (χ3n) is 3.58. The van der Waals surface area contributed by atoms with Gasteiger partial charge in [-0.3, -0.25) is 4.79 Å². The molecule has 3 nitrogen and oxygen atoms in total. The topological polar surface area (TPSA) is 52.3 Å². The Morgan fingerprint density at radius 2 is 1.96 bits per heavy atom. The summed E-state index contributed by atoms with van der Waals surface area (Å²) in [6, 6.07) is 12.7. The minimum absolute atomic E-state index is 0.139. The summed E-state index contributed by atoms with van der Waals surface area (Å²) in [4.78, 5) is 13.6. The van der Waals surface area contributed by atoms with E-state index >= 15 is 0 Å². The molecule has 0 amide bonds. The maximum atomic E-state index is 14.4. The molecule has 1 heterocycles. The van der Waals surface area contributed by atoms with Gasteiger partial charge in [-0.25, -0.2) is 8.78 Å². The van der Waals surface area contributed by atoms with Gasteiger partial charge in [0.25, 0.3) is 0 Å². The Labute approximate surface area is 147 Å². The Bertz CT molecular complexity index is 937. The lowest BCUT2D eigenvalue weighted by molar-refractivity contribution is 0.103. The van der Waals surface area contributed by atoms with Crippen LogP contribution in [0.25, 0.3) is 10.4 Å². The number of hydrogen-bond acceptors (Lipinski definition) is 4. The molecule has 0 saturated heterocycles. The number of nitrogen functional groups attached to an aromatic ring is 1. The molecule has 0 bridgehead atoms. The molecule has 0 fully saturated rings. The molecule has 1 aromatic heterocycles. The summed E-state index contributed by atoms with van der Waals surface area (Å²) in [5.74, 6) is -2.74. The first-order valence-electron chi connectivity index (χ1n) is 7.62. The number of carbonyl (C=O) groups excluding carboxylic acids is 1. The van der Waals surface area contributed by atoms with Gasteiger partial charge in [0.15, 0.2) is 11.6 Å². The largest absolute Gasteiger partial charge is 0.491 e. The number of ketones is 1. The number of anilines is 1. The second kappa shape index (κ2) is 7.03. The van der Waals surface area contributed by atoms with Gasteiger partial charge in [-0.15, -0.1) is 11.3 Å². The zero-order chi connectivity index (χ0) is 18.0. The van der Waals surface area contributed by atoms with Crippen LogP contribution in [0, 0.1) is 11.6 Å². The highest BCUT2D eigenvalue weighted by atomic mass is 32.1. The fourth-order valence-electron chi connectivity index (χ4n) is 2.44. The molecule has 0 aliphatic rings. The molecule has 6 heteroatoms. The first kappa shape index (κ1) is 17.1. The number of halogens is 2. The first-order valence-corrected chi connectivity index (χ1v) is 8.44. The van der Waals surface area contributed by atoms with E-state index in [4.69, 9.17) is 10.5 Å². The van der Waals surface area contributed by atoms with E-state index in [2.05, 4.69) is 0 Å². The average Bonchev–Trinajstić information content (AvgIpc) is 3.08. The smallest absolute Gasteiger partial charge is 0.209 e. The zero-order valence-electron chi connectivity index (χ0n) is 13.4. The summed E-state index contributed by atoms with van der Waals surface area (Å²) >= 11 is 1.15. The number of thiophene rings is 1. The predicted molar refractivity (Wildman–Crippen MR) is 95.1 cm³/mol. The van der Waals surface area contributed by atoms with Crippen molar-refractivity contribution in [2.24, 2.45) is 0 Å². The number of hydrogen-bond donors (Lipinski definition) is 1. The molecule has 0 aliphatic carbocycles. The van der Waals surface area contributed by atoms with Crippen molar-refractivity contribution in [3.63, 3.8) is 0 Å². The molecule has 0 aliphatic heterocycles. The molecule has 2 N–H and O–H groups in total. The number of carbonyl (C=O) groups is 1. The van der Waals surface area contributed by atoms with Crippen molar-refractivity contribution in [1.29, 1.82) is 0 Å². The first-order chi connectivity index (χ1) is 12.0. The van der Waals surface area contributed by atoms with E-state index in [1.807, 2.05) is 6.07 Å². The molecule has 3 aromatic rings. The highest BCUT2D eigenvalue weighted by molar-refractivity contribution is 7.17. The predicted octanol–water partition coefficient (Wildman–Crippen LogP) is 4.91. The van der Waals surface area contributed by atoms with Gasteiger partial charge in [0, 0.05) is 10.6 Å². The summed E-state index contributed by atoms with van der Waals surface area (Å²) in [6.45, 7) is 1.90. The van der Waals surface area contributed by atoms with Gasteiger partial charge >= 0.3 is 0 Å². The average molecular weight is 359 g/mol. The lowest BCUT2D eigenvalue weighted by atomic mass is 10.1. The van der Waals surface area contributed by atoms with Crippen LogP contribution >= 0.6 is 11.3 Å². The molecule has 0 radical (unpaired) electrons. The molecule has 0 spiro atoms. The van der Waals surface area contributed by atoms with Gasteiger partial charge in [-0.1, -0.05) is 12.1 Å². The van der Waals surface area contributed by atoms with Gasteiger partial charge in [0.05, 0.1) is 17.0 Å². The van der Waals surface area contributed by atoms with Crippen LogP contribution in [0.5, 0.6) is 5.75 Å². The van der Waals surface area contributed by atoms with Crippen LogP contribution in [0.4, 0.5) is 14.5 Å². The van der Waals surface area contributed by atoms with Crippen molar-refractivity contribution < 1.29 is 18.3 Å². The van der Waals surface area contributed by atoms with Crippen LogP contribution in [0.1, 0.15) is 22.2 Å². The number of rotatable bonds is 5. The van der Waals surface area contributed by atoms with E-state index in [1.165, 1.54) is 6.07 Å². The number of ether oxygens (including phenoxy) is 1. The molecular formula is C19H15F2NO2S. The molecule has 0 atom stereocenters. The maximum absolute atomic E-state index is 14.4. The molecular weight excluding hydrogens is 344 g/mol. The molecule has 25 heavy (non-hydrogen) atoms. The lowest BCUT2D eigenvalue weighted by Crippen LogP contribution is -2.08. The lowest BCUT2D eigenvalue weighted by Gasteiger charge is -2.08. The van der Waals surface area contributed by atoms with Crippen molar-refractivity contribution in [3.05, 3.63) is 70.6 Å². The number of nitrogens with two attached hydrogens (primary N) is 1. The van der Waals surface area contributed by atoms with Crippen molar-refractivity contribution in [2.45, 2.75) is 6.92 Å². The molecule has 2 aromatic carbocycles. The third kappa shape index (κ3) is 3.39. The zero-order valence-corrected chi connectivity index (χ0v) is 14.2. The van der Waals surface area contributed by atoms with E-state index in [-0.39, 0.29) is 17.2 Å². The minimum Gasteiger partial charge on any atom is -0.491 e. The summed E-state index contributed by atoms with van der Waals surface area (Å²) in [5.41, 5.74) is 6.60. The van der Waals surface area contributed by atoms with E-state index in [1.54, 1.807) is 37.3 Å². The number of benzene rings is 2. The van der Waals surface area contributed by atoms with E-state index in [0.717, 1.165) is 27.8 Å². The van der Waals surface area contributed by atoms with Gasteiger partial charge in [-0.2, -0.15) is 0 Å². The normalized spacial score (nSPS) is 10.7. The Kier molecular flexibility index (Phi) is 4.81.